The third kappa shape index (κ3) is 3.82. The van der Waals surface area contributed by atoms with Crippen molar-refractivity contribution in [3.8, 4) is 11.1 Å². The van der Waals surface area contributed by atoms with Gasteiger partial charge < -0.3 is 9.52 Å². The number of hydrogen-bond acceptors (Lipinski definition) is 5. The SMILES string of the molecule is CCC(=O)c1c(-c2ccccc2)c2cc(Cl)ccc2c(=O)n1Cc1nc(C(=O)O)c(C2CC2)o1. The number of carbonyl (C=O) groups is 2. The van der Waals surface area contributed by atoms with Crippen molar-refractivity contribution in [2.75, 3.05) is 0 Å². The van der Waals surface area contributed by atoms with Crippen molar-refractivity contribution in [1.29, 1.82) is 0 Å². The number of carboxylic acids is 1. The Kier molecular flexibility index (Phi) is 5.57. The fourth-order valence-electron chi connectivity index (χ4n) is 4.28. The molecule has 34 heavy (non-hydrogen) atoms. The van der Waals surface area contributed by atoms with Gasteiger partial charge in [0.05, 0.1) is 5.69 Å². The maximum atomic E-state index is 13.6. The van der Waals surface area contributed by atoms with Crippen molar-refractivity contribution in [3.05, 3.63) is 86.9 Å². The summed E-state index contributed by atoms with van der Waals surface area (Å²) in [6.07, 6.45) is 1.84. The molecule has 0 amide bonds. The molecule has 2 aromatic carbocycles. The maximum absolute atomic E-state index is 13.6. The smallest absolute Gasteiger partial charge is 0.358 e. The summed E-state index contributed by atoms with van der Waals surface area (Å²) in [6.45, 7) is 1.57. The number of hydrogen-bond donors (Lipinski definition) is 1. The lowest BCUT2D eigenvalue weighted by Crippen LogP contribution is -2.28. The fourth-order valence-corrected chi connectivity index (χ4v) is 4.45. The van der Waals surface area contributed by atoms with Crippen LogP contribution in [0.2, 0.25) is 5.02 Å². The number of oxazole rings is 1. The first-order valence-corrected chi connectivity index (χ1v) is 11.4. The molecule has 1 N–H and O–H groups in total. The number of rotatable bonds is 7. The molecule has 8 heteroatoms. The van der Waals surface area contributed by atoms with E-state index < -0.39 is 11.5 Å². The zero-order chi connectivity index (χ0) is 24.0. The van der Waals surface area contributed by atoms with Crippen molar-refractivity contribution >= 4 is 34.1 Å². The van der Waals surface area contributed by atoms with Crippen molar-refractivity contribution in [1.82, 2.24) is 9.55 Å². The lowest BCUT2D eigenvalue weighted by molar-refractivity contribution is 0.0688. The Bertz CT molecular complexity index is 1500. The first kappa shape index (κ1) is 22.1. The minimum absolute atomic E-state index is 0.0273. The highest BCUT2D eigenvalue weighted by atomic mass is 35.5. The van der Waals surface area contributed by atoms with Gasteiger partial charge in [0.1, 0.15) is 12.3 Å². The molecule has 1 fully saturated rings. The van der Waals surface area contributed by atoms with Crippen LogP contribution in [0, 0.1) is 0 Å². The van der Waals surface area contributed by atoms with Crippen LogP contribution in [0.4, 0.5) is 0 Å². The quantitative estimate of drug-likeness (QED) is 0.352. The molecule has 172 valence electrons. The zero-order valence-electron chi connectivity index (χ0n) is 18.4. The van der Waals surface area contributed by atoms with Crippen molar-refractivity contribution < 1.29 is 19.1 Å². The molecule has 7 nitrogen and oxygen atoms in total. The Morgan fingerprint density at radius 2 is 1.88 bits per heavy atom. The van der Waals surface area contributed by atoms with Gasteiger partial charge in [0, 0.05) is 28.3 Å². The molecule has 5 rings (SSSR count). The minimum Gasteiger partial charge on any atom is -0.476 e. The molecule has 0 unspecified atom stereocenters. The molecule has 0 aliphatic heterocycles. The highest BCUT2D eigenvalue weighted by Crippen LogP contribution is 2.42. The average Bonchev–Trinajstić information content (AvgIpc) is 3.59. The lowest BCUT2D eigenvalue weighted by atomic mass is 9.94. The Morgan fingerprint density at radius 3 is 2.53 bits per heavy atom. The van der Waals surface area contributed by atoms with E-state index in [2.05, 4.69) is 4.98 Å². The number of carboxylic acid groups (broad SMARTS) is 1. The number of pyridine rings is 1. The highest BCUT2D eigenvalue weighted by Gasteiger charge is 2.34. The van der Waals surface area contributed by atoms with Gasteiger partial charge in [0.2, 0.25) is 5.89 Å². The van der Waals surface area contributed by atoms with Crippen LogP contribution >= 0.6 is 11.6 Å². The van der Waals surface area contributed by atoms with Gasteiger partial charge in [-0.15, -0.1) is 0 Å². The molecule has 0 atom stereocenters. The summed E-state index contributed by atoms with van der Waals surface area (Å²) < 4.78 is 7.17. The largest absolute Gasteiger partial charge is 0.476 e. The van der Waals surface area contributed by atoms with Gasteiger partial charge in [-0.25, -0.2) is 9.78 Å². The van der Waals surface area contributed by atoms with Crippen LogP contribution in [-0.2, 0) is 6.54 Å². The number of fused-ring (bicyclic) bond motifs is 1. The van der Waals surface area contributed by atoms with E-state index in [0.29, 0.717) is 27.1 Å². The number of carbonyl (C=O) groups excluding carboxylic acids is 1. The predicted molar refractivity (Wildman–Crippen MR) is 128 cm³/mol. The zero-order valence-corrected chi connectivity index (χ0v) is 19.1. The van der Waals surface area contributed by atoms with Crippen LogP contribution in [0.5, 0.6) is 0 Å². The fraction of sp³-hybridized carbons (Fsp3) is 0.231. The number of ketones is 1. The topological polar surface area (TPSA) is 102 Å². The van der Waals surface area contributed by atoms with Gasteiger partial charge in [-0.1, -0.05) is 48.9 Å². The minimum atomic E-state index is -1.17. The van der Waals surface area contributed by atoms with E-state index in [1.54, 1.807) is 25.1 Å². The number of Topliss-reactive ketones (excluding diaryl/α,β-unsaturated/α-hetero) is 1. The van der Waals surface area contributed by atoms with E-state index in [1.807, 2.05) is 30.3 Å². The number of aromatic carboxylic acids is 1. The summed E-state index contributed by atoms with van der Waals surface area (Å²) in [5.41, 5.74) is 1.04. The molecule has 4 aromatic rings. The van der Waals surface area contributed by atoms with Crippen molar-refractivity contribution in [2.24, 2.45) is 0 Å². The molecular formula is C26H21ClN2O5. The highest BCUT2D eigenvalue weighted by molar-refractivity contribution is 6.31. The van der Waals surface area contributed by atoms with E-state index >= 15 is 0 Å². The predicted octanol–water partition coefficient (Wildman–Crippen LogP) is 5.53. The number of nitrogens with zero attached hydrogens (tertiary/aromatic N) is 2. The average molecular weight is 477 g/mol. The molecule has 0 bridgehead atoms. The lowest BCUT2D eigenvalue weighted by Gasteiger charge is -2.18. The van der Waals surface area contributed by atoms with Gasteiger partial charge in [-0.2, -0.15) is 0 Å². The second kappa shape index (κ2) is 8.57. The first-order chi connectivity index (χ1) is 16.4. The Morgan fingerprint density at radius 1 is 1.15 bits per heavy atom. The third-order valence-corrected chi connectivity index (χ3v) is 6.26. The van der Waals surface area contributed by atoms with Gasteiger partial charge in [-0.3, -0.25) is 14.2 Å². The first-order valence-electron chi connectivity index (χ1n) is 11.1. The Hall–Kier alpha value is -3.71. The summed E-state index contributed by atoms with van der Waals surface area (Å²) in [4.78, 5) is 42.8. The Labute approximate surface area is 199 Å². The summed E-state index contributed by atoms with van der Waals surface area (Å²) in [5.74, 6) is -0.967. The Balaban J connectivity index is 1.80. The summed E-state index contributed by atoms with van der Waals surface area (Å²) >= 11 is 6.28. The molecule has 1 saturated carbocycles. The number of halogens is 1. The second-order valence-corrected chi connectivity index (χ2v) is 8.78. The molecule has 2 aromatic heterocycles. The van der Waals surface area contributed by atoms with E-state index in [4.69, 9.17) is 16.0 Å². The summed E-state index contributed by atoms with van der Waals surface area (Å²) in [7, 11) is 0. The van der Waals surface area contributed by atoms with Gasteiger partial charge in [0.25, 0.3) is 5.56 Å². The molecule has 2 heterocycles. The molecule has 1 aliphatic carbocycles. The molecule has 0 spiro atoms. The molecule has 0 saturated heterocycles. The monoisotopic (exact) mass is 476 g/mol. The van der Waals surface area contributed by atoms with Gasteiger partial charge in [0.15, 0.2) is 11.5 Å². The third-order valence-electron chi connectivity index (χ3n) is 6.02. The van der Waals surface area contributed by atoms with Crippen LogP contribution < -0.4 is 5.56 Å². The van der Waals surface area contributed by atoms with Crippen LogP contribution in [0.25, 0.3) is 21.9 Å². The van der Waals surface area contributed by atoms with E-state index in [9.17, 15) is 19.5 Å². The van der Waals surface area contributed by atoms with Crippen LogP contribution in [0.1, 0.15) is 64.7 Å². The van der Waals surface area contributed by atoms with Crippen LogP contribution in [0.15, 0.2) is 57.7 Å². The van der Waals surface area contributed by atoms with E-state index in [-0.39, 0.29) is 41.9 Å². The van der Waals surface area contributed by atoms with Crippen molar-refractivity contribution in [2.45, 2.75) is 38.6 Å². The molecule has 1 aliphatic rings. The number of benzene rings is 2. The number of aromatic nitrogens is 2. The van der Waals surface area contributed by atoms with Gasteiger partial charge in [-0.05, 0) is 42.0 Å². The van der Waals surface area contributed by atoms with E-state index in [1.165, 1.54) is 4.57 Å². The van der Waals surface area contributed by atoms with E-state index in [0.717, 1.165) is 18.4 Å². The molecule has 0 radical (unpaired) electrons. The normalized spacial score (nSPS) is 13.4. The van der Waals surface area contributed by atoms with Crippen LogP contribution in [0.3, 0.4) is 0 Å². The van der Waals surface area contributed by atoms with Crippen LogP contribution in [-0.4, -0.2) is 26.4 Å². The van der Waals surface area contributed by atoms with Gasteiger partial charge >= 0.3 is 5.97 Å². The van der Waals surface area contributed by atoms with Crippen molar-refractivity contribution in [3.63, 3.8) is 0 Å². The molecular weight excluding hydrogens is 456 g/mol. The second-order valence-electron chi connectivity index (χ2n) is 8.35. The standard InChI is InChI=1S/C26H21ClN2O5/c1-2-19(30)23-21(14-6-4-3-5-7-14)18-12-16(27)10-11-17(18)25(31)29(23)13-20-28-22(26(32)33)24(34-20)15-8-9-15/h3-7,10-12,15H,2,8-9,13H2,1H3,(H,32,33). The summed E-state index contributed by atoms with van der Waals surface area (Å²) in [5, 5.41) is 11.0. The maximum Gasteiger partial charge on any atom is 0.358 e. The summed E-state index contributed by atoms with van der Waals surface area (Å²) in [6, 6.07) is 14.3.